The Morgan fingerprint density at radius 2 is 1.89 bits per heavy atom. The van der Waals surface area contributed by atoms with Crippen molar-refractivity contribution in [2.75, 3.05) is 11.0 Å². The Morgan fingerprint density at radius 1 is 1.19 bits per heavy atom. The molecule has 9 heteroatoms. The standard InChI is InChI=1S/C18H16ClN3O4S/c1-27(25,26)22-13-6-7-14-16(8-13)20-10-15(17(14)23)18(24)21-9-11-2-4-12(19)5-3-11/h2-8,10,22H,9H2,1H3,(H,20,23)(H,21,24). The molecule has 0 spiro atoms. The van der Waals surface area contributed by atoms with Gasteiger partial charge in [-0.3, -0.25) is 14.5 Å². The number of nitrogens with zero attached hydrogens (tertiary/aromatic N) is 1. The van der Waals surface area contributed by atoms with Crippen molar-refractivity contribution in [3.05, 3.63) is 64.8 Å². The summed E-state index contributed by atoms with van der Waals surface area (Å²) in [4.78, 5) is 16.5. The zero-order valence-electron chi connectivity index (χ0n) is 14.2. The number of rotatable bonds is 5. The zero-order valence-corrected chi connectivity index (χ0v) is 15.8. The largest absolute Gasteiger partial charge is 0.506 e. The van der Waals surface area contributed by atoms with E-state index in [9.17, 15) is 18.3 Å². The summed E-state index contributed by atoms with van der Waals surface area (Å²) in [5.41, 5.74) is 1.56. The Balaban J connectivity index is 1.82. The van der Waals surface area contributed by atoms with Crippen LogP contribution in [0.2, 0.25) is 5.02 Å². The second-order valence-electron chi connectivity index (χ2n) is 5.94. The van der Waals surface area contributed by atoms with Gasteiger partial charge in [0.05, 0.1) is 17.5 Å². The van der Waals surface area contributed by atoms with Crippen molar-refractivity contribution in [1.29, 1.82) is 0 Å². The van der Waals surface area contributed by atoms with E-state index in [1.165, 1.54) is 24.4 Å². The van der Waals surface area contributed by atoms with Crippen molar-refractivity contribution in [3.8, 4) is 5.75 Å². The monoisotopic (exact) mass is 405 g/mol. The molecule has 0 atom stereocenters. The Labute approximate surface area is 161 Å². The van der Waals surface area contributed by atoms with Gasteiger partial charge in [0.15, 0.2) is 0 Å². The molecule has 0 aliphatic heterocycles. The van der Waals surface area contributed by atoms with Gasteiger partial charge in [-0.2, -0.15) is 0 Å². The van der Waals surface area contributed by atoms with Gasteiger partial charge in [-0.25, -0.2) is 8.42 Å². The Kier molecular flexibility index (Phi) is 5.20. The molecule has 140 valence electrons. The van der Waals surface area contributed by atoms with Crippen LogP contribution >= 0.6 is 11.6 Å². The highest BCUT2D eigenvalue weighted by atomic mass is 35.5. The highest BCUT2D eigenvalue weighted by Gasteiger charge is 2.15. The van der Waals surface area contributed by atoms with Gasteiger partial charge in [-0.05, 0) is 35.9 Å². The molecule has 3 N–H and O–H groups in total. The van der Waals surface area contributed by atoms with Crippen molar-refractivity contribution < 1.29 is 18.3 Å². The van der Waals surface area contributed by atoms with E-state index in [0.29, 0.717) is 21.6 Å². The van der Waals surface area contributed by atoms with Crippen LogP contribution in [0.4, 0.5) is 5.69 Å². The minimum atomic E-state index is -3.43. The molecule has 1 heterocycles. The van der Waals surface area contributed by atoms with Crippen LogP contribution in [-0.4, -0.2) is 30.7 Å². The number of hydrogen-bond donors (Lipinski definition) is 3. The number of aromatic hydroxyl groups is 1. The second-order valence-corrected chi connectivity index (χ2v) is 8.12. The number of pyridine rings is 1. The minimum Gasteiger partial charge on any atom is -0.506 e. The molecular formula is C18H16ClN3O4S. The molecule has 2 aromatic carbocycles. The summed E-state index contributed by atoms with van der Waals surface area (Å²) in [7, 11) is -3.43. The predicted octanol–water partition coefficient (Wildman–Crippen LogP) is 2.90. The van der Waals surface area contributed by atoms with E-state index in [1.54, 1.807) is 24.3 Å². The van der Waals surface area contributed by atoms with E-state index in [2.05, 4.69) is 15.0 Å². The Morgan fingerprint density at radius 3 is 2.56 bits per heavy atom. The number of carbonyl (C=O) groups excluding carboxylic acids is 1. The van der Waals surface area contributed by atoms with E-state index in [1.807, 2.05) is 0 Å². The first-order chi connectivity index (χ1) is 12.7. The quantitative estimate of drug-likeness (QED) is 0.604. The van der Waals surface area contributed by atoms with Crippen molar-refractivity contribution in [2.45, 2.75) is 6.54 Å². The van der Waals surface area contributed by atoms with Crippen LogP contribution in [0.5, 0.6) is 5.75 Å². The van der Waals surface area contributed by atoms with Crippen LogP contribution in [0.1, 0.15) is 15.9 Å². The molecule has 1 amide bonds. The van der Waals surface area contributed by atoms with Gasteiger partial charge in [0.1, 0.15) is 11.3 Å². The maximum absolute atomic E-state index is 12.4. The summed E-state index contributed by atoms with van der Waals surface area (Å²) in [6, 6.07) is 11.5. The first-order valence-electron chi connectivity index (χ1n) is 7.85. The lowest BCUT2D eigenvalue weighted by atomic mass is 10.1. The van der Waals surface area contributed by atoms with Gasteiger partial charge >= 0.3 is 0 Å². The number of halogens is 1. The van der Waals surface area contributed by atoms with Crippen molar-refractivity contribution in [2.24, 2.45) is 0 Å². The SMILES string of the molecule is CS(=O)(=O)Nc1ccc2c(O)c(C(=O)NCc3ccc(Cl)cc3)cnc2c1. The summed E-state index contributed by atoms with van der Waals surface area (Å²) >= 11 is 5.83. The van der Waals surface area contributed by atoms with E-state index < -0.39 is 15.9 Å². The van der Waals surface area contributed by atoms with Gasteiger partial charge in [0, 0.05) is 23.2 Å². The molecule has 7 nitrogen and oxygen atoms in total. The molecule has 0 saturated carbocycles. The smallest absolute Gasteiger partial charge is 0.256 e. The number of benzene rings is 2. The molecule has 3 aromatic rings. The normalized spacial score (nSPS) is 11.3. The molecule has 0 aliphatic rings. The third kappa shape index (κ3) is 4.66. The third-order valence-corrected chi connectivity index (χ3v) is 4.61. The van der Waals surface area contributed by atoms with E-state index in [-0.39, 0.29) is 17.9 Å². The van der Waals surface area contributed by atoms with Crippen LogP contribution in [-0.2, 0) is 16.6 Å². The fourth-order valence-corrected chi connectivity index (χ4v) is 3.18. The molecule has 0 aliphatic carbocycles. The summed E-state index contributed by atoms with van der Waals surface area (Å²) < 4.78 is 25.0. The molecule has 0 unspecified atom stereocenters. The Bertz CT molecular complexity index is 1120. The number of fused-ring (bicyclic) bond motifs is 1. The van der Waals surface area contributed by atoms with Gasteiger partial charge in [0.2, 0.25) is 10.0 Å². The summed E-state index contributed by atoms with van der Waals surface area (Å²) in [6.45, 7) is 0.269. The van der Waals surface area contributed by atoms with Crippen LogP contribution in [0.25, 0.3) is 10.9 Å². The number of nitrogens with one attached hydrogen (secondary N) is 2. The number of aromatic nitrogens is 1. The van der Waals surface area contributed by atoms with Crippen molar-refractivity contribution in [1.82, 2.24) is 10.3 Å². The maximum atomic E-state index is 12.4. The number of amides is 1. The second kappa shape index (κ2) is 7.42. The molecule has 0 bridgehead atoms. The van der Waals surface area contributed by atoms with Gasteiger partial charge in [-0.1, -0.05) is 23.7 Å². The first-order valence-corrected chi connectivity index (χ1v) is 10.1. The van der Waals surface area contributed by atoms with Crippen LogP contribution in [0, 0.1) is 0 Å². The van der Waals surface area contributed by atoms with E-state index >= 15 is 0 Å². The lowest BCUT2D eigenvalue weighted by molar-refractivity contribution is 0.0948. The summed E-state index contributed by atoms with van der Waals surface area (Å²) in [6.07, 6.45) is 2.29. The molecule has 0 fully saturated rings. The van der Waals surface area contributed by atoms with Crippen LogP contribution < -0.4 is 10.0 Å². The number of sulfonamides is 1. The molecule has 1 aromatic heterocycles. The zero-order chi connectivity index (χ0) is 19.6. The van der Waals surface area contributed by atoms with Gasteiger partial charge in [-0.15, -0.1) is 0 Å². The average Bonchev–Trinajstić information content (AvgIpc) is 2.60. The van der Waals surface area contributed by atoms with Gasteiger partial charge in [0.25, 0.3) is 5.91 Å². The fraction of sp³-hybridized carbons (Fsp3) is 0.111. The average molecular weight is 406 g/mol. The highest BCUT2D eigenvalue weighted by molar-refractivity contribution is 7.92. The van der Waals surface area contributed by atoms with Crippen LogP contribution in [0.3, 0.4) is 0 Å². The predicted molar refractivity (Wildman–Crippen MR) is 104 cm³/mol. The maximum Gasteiger partial charge on any atom is 0.256 e. The molecule has 3 rings (SSSR count). The topological polar surface area (TPSA) is 108 Å². The highest BCUT2D eigenvalue weighted by Crippen LogP contribution is 2.29. The minimum absolute atomic E-state index is 0.0280. The van der Waals surface area contributed by atoms with Gasteiger partial charge < -0.3 is 10.4 Å². The fourth-order valence-electron chi connectivity index (χ4n) is 2.50. The number of carbonyl (C=O) groups is 1. The first kappa shape index (κ1) is 18.9. The van der Waals surface area contributed by atoms with E-state index in [4.69, 9.17) is 11.6 Å². The van der Waals surface area contributed by atoms with Crippen LogP contribution in [0.15, 0.2) is 48.7 Å². The lowest BCUT2D eigenvalue weighted by Crippen LogP contribution is -2.23. The molecule has 0 saturated heterocycles. The lowest BCUT2D eigenvalue weighted by Gasteiger charge is -2.10. The third-order valence-electron chi connectivity index (χ3n) is 3.75. The number of hydrogen-bond acceptors (Lipinski definition) is 5. The molecule has 0 radical (unpaired) electrons. The van der Waals surface area contributed by atoms with E-state index in [0.717, 1.165) is 11.8 Å². The molecule has 27 heavy (non-hydrogen) atoms. The van der Waals surface area contributed by atoms with Crippen molar-refractivity contribution in [3.63, 3.8) is 0 Å². The van der Waals surface area contributed by atoms with Crippen molar-refractivity contribution >= 4 is 44.1 Å². The summed E-state index contributed by atoms with van der Waals surface area (Å²) in [5.74, 6) is -0.699. The Hall–Kier alpha value is -2.84. The summed E-state index contributed by atoms with van der Waals surface area (Å²) in [5, 5.41) is 14.1. The molecular weight excluding hydrogens is 390 g/mol. The number of anilines is 1.